The van der Waals surface area contributed by atoms with Gasteiger partial charge < -0.3 is 5.32 Å². The number of nitrogens with zero attached hydrogens (tertiary/aromatic N) is 1. The Morgan fingerprint density at radius 3 is 2.64 bits per heavy atom. The first kappa shape index (κ1) is 18.9. The highest BCUT2D eigenvalue weighted by molar-refractivity contribution is 7.90. The van der Waals surface area contributed by atoms with Gasteiger partial charge in [-0.3, -0.25) is 9.69 Å². The number of rotatable bonds is 8. The maximum atomic E-state index is 12.0. The van der Waals surface area contributed by atoms with Gasteiger partial charge in [-0.2, -0.15) is 0 Å². The SMILES string of the molecule is CCN(CC(=O)NCc1cccc(Cl)c1)C(C)CS(C)(=O)=O. The molecular formula is C15H23ClN2O3S. The van der Waals surface area contributed by atoms with Crippen LogP contribution in [0.2, 0.25) is 5.02 Å². The molecule has 0 aliphatic carbocycles. The molecule has 7 heteroatoms. The quantitative estimate of drug-likeness (QED) is 0.778. The standard InChI is InChI=1S/C15H23ClN2O3S/c1-4-18(12(2)11-22(3,20)21)10-15(19)17-9-13-6-5-7-14(16)8-13/h5-8,12H,4,9-11H2,1-3H3,(H,17,19). The van der Waals surface area contributed by atoms with Gasteiger partial charge in [-0.15, -0.1) is 0 Å². The van der Waals surface area contributed by atoms with Crippen molar-refractivity contribution in [3.63, 3.8) is 0 Å². The second-order valence-electron chi connectivity index (χ2n) is 5.41. The van der Waals surface area contributed by atoms with Gasteiger partial charge in [0, 0.05) is 23.9 Å². The molecule has 0 aliphatic rings. The average molecular weight is 347 g/mol. The highest BCUT2D eigenvalue weighted by Gasteiger charge is 2.19. The van der Waals surface area contributed by atoms with Crippen LogP contribution in [-0.4, -0.2) is 50.4 Å². The second kappa shape index (κ2) is 8.50. The fraction of sp³-hybridized carbons (Fsp3) is 0.533. The number of likely N-dealkylation sites (N-methyl/N-ethyl adjacent to an activating group) is 1. The molecule has 124 valence electrons. The molecule has 0 radical (unpaired) electrons. The molecule has 22 heavy (non-hydrogen) atoms. The van der Waals surface area contributed by atoms with Gasteiger partial charge in [0.05, 0.1) is 12.3 Å². The number of carbonyl (C=O) groups excluding carboxylic acids is 1. The Morgan fingerprint density at radius 1 is 1.41 bits per heavy atom. The third kappa shape index (κ3) is 7.24. The summed E-state index contributed by atoms with van der Waals surface area (Å²) in [5.74, 6) is -0.0928. The van der Waals surface area contributed by atoms with E-state index in [1.165, 1.54) is 6.26 Å². The van der Waals surface area contributed by atoms with Crippen LogP contribution in [0.4, 0.5) is 0 Å². The number of amides is 1. The first-order valence-electron chi connectivity index (χ1n) is 7.14. The van der Waals surface area contributed by atoms with E-state index < -0.39 is 9.84 Å². The van der Waals surface area contributed by atoms with E-state index in [0.717, 1.165) is 5.56 Å². The van der Waals surface area contributed by atoms with Crippen molar-refractivity contribution in [1.29, 1.82) is 0 Å². The molecule has 1 rings (SSSR count). The van der Waals surface area contributed by atoms with E-state index in [1.54, 1.807) is 12.1 Å². The monoisotopic (exact) mass is 346 g/mol. The molecule has 0 aliphatic heterocycles. The summed E-state index contributed by atoms with van der Waals surface area (Å²) in [6.45, 7) is 4.91. The number of hydrogen-bond acceptors (Lipinski definition) is 4. The molecule has 0 saturated carbocycles. The summed E-state index contributed by atoms with van der Waals surface area (Å²) in [7, 11) is -3.06. The molecule has 0 fully saturated rings. The molecule has 1 N–H and O–H groups in total. The van der Waals surface area contributed by atoms with Crippen molar-refractivity contribution in [3.8, 4) is 0 Å². The minimum atomic E-state index is -3.06. The van der Waals surface area contributed by atoms with Gasteiger partial charge in [0.15, 0.2) is 0 Å². The predicted octanol–water partition coefficient (Wildman–Crippen LogP) is 1.71. The third-order valence-electron chi connectivity index (χ3n) is 3.30. The van der Waals surface area contributed by atoms with Gasteiger partial charge in [-0.1, -0.05) is 30.7 Å². The van der Waals surface area contributed by atoms with Crippen molar-refractivity contribution in [2.24, 2.45) is 0 Å². The maximum Gasteiger partial charge on any atom is 0.234 e. The molecule has 0 heterocycles. The molecule has 0 aromatic heterocycles. The molecule has 5 nitrogen and oxygen atoms in total. The molecule has 1 unspecified atom stereocenters. The lowest BCUT2D eigenvalue weighted by Gasteiger charge is -2.26. The summed E-state index contributed by atoms with van der Waals surface area (Å²) in [6, 6.07) is 7.09. The van der Waals surface area contributed by atoms with E-state index in [4.69, 9.17) is 11.6 Å². The van der Waals surface area contributed by atoms with E-state index in [1.807, 2.05) is 30.9 Å². The first-order valence-corrected chi connectivity index (χ1v) is 9.58. The number of nitrogens with one attached hydrogen (secondary N) is 1. The Labute approximate surface area is 137 Å². The van der Waals surface area contributed by atoms with Crippen LogP contribution in [0.1, 0.15) is 19.4 Å². The number of benzene rings is 1. The average Bonchev–Trinajstić information content (AvgIpc) is 2.40. The molecule has 1 atom stereocenters. The Morgan fingerprint density at radius 2 is 2.09 bits per heavy atom. The highest BCUT2D eigenvalue weighted by Crippen LogP contribution is 2.10. The zero-order valence-electron chi connectivity index (χ0n) is 13.2. The summed E-state index contributed by atoms with van der Waals surface area (Å²) in [5, 5.41) is 3.45. The highest BCUT2D eigenvalue weighted by atomic mass is 35.5. The molecule has 1 aromatic rings. The lowest BCUT2D eigenvalue weighted by Crippen LogP contribution is -2.44. The van der Waals surface area contributed by atoms with Gasteiger partial charge in [0.2, 0.25) is 5.91 Å². The number of sulfone groups is 1. The van der Waals surface area contributed by atoms with Crippen LogP contribution >= 0.6 is 11.6 Å². The van der Waals surface area contributed by atoms with Gasteiger partial charge >= 0.3 is 0 Å². The van der Waals surface area contributed by atoms with Crippen LogP contribution in [0.15, 0.2) is 24.3 Å². The summed E-state index contributed by atoms with van der Waals surface area (Å²) in [4.78, 5) is 13.8. The van der Waals surface area contributed by atoms with Crippen LogP contribution in [0.3, 0.4) is 0 Å². The smallest absolute Gasteiger partial charge is 0.234 e. The third-order valence-corrected chi connectivity index (χ3v) is 4.62. The molecular weight excluding hydrogens is 324 g/mol. The molecule has 0 saturated heterocycles. The zero-order valence-corrected chi connectivity index (χ0v) is 14.7. The minimum Gasteiger partial charge on any atom is -0.351 e. The van der Waals surface area contributed by atoms with Crippen LogP contribution in [0, 0.1) is 0 Å². The summed E-state index contributed by atoms with van der Waals surface area (Å²) in [6.07, 6.45) is 1.20. The Balaban J connectivity index is 2.51. The number of carbonyl (C=O) groups is 1. The lowest BCUT2D eigenvalue weighted by molar-refractivity contribution is -0.122. The van der Waals surface area contributed by atoms with Crippen LogP contribution in [0.25, 0.3) is 0 Å². The fourth-order valence-electron chi connectivity index (χ4n) is 2.21. The normalized spacial score (nSPS) is 13.1. The maximum absolute atomic E-state index is 12.0. The van der Waals surface area contributed by atoms with Crippen LogP contribution < -0.4 is 5.32 Å². The van der Waals surface area contributed by atoms with E-state index >= 15 is 0 Å². The molecule has 0 spiro atoms. The second-order valence-corrected chi connectivity index (χ2v) is 8.03. The van der Waals surface area contributed by atoms with Crippen molar-refractivity contribution in [2.75, 3.05) is 25.1 Å². The Kier molecular flexibility index (Phi) is 7.32. The predicted molar refractivity (Wildman–Crippen MR) is 89.7 cm³/mol. The zero-order chi connectivity index (χ0) is 16.8. The van der Waals surface area contributed by atoms with Crippen molar-refractivity contribution in [2.45, 2.75) is 26.4 Å². The largest absolute Gasteiger partial charge is 0.351 e. The molecule has 1 amide bonds. The first-order chi connectivity index (χ1) is 10.2. The lowest BCUT2D eigenvalue weighted by atomic mass is 10.2. The van der Waals surface area contributed by atoms with Gasteiger partial charge in [-0.05, 0) is 31.2 Å². The van der Waals surface area contributed by atoms with E-state index in [2.05, 4.69) is 5.32 Å². The Bertz CT molecular complexity index is 605. The van der Waals surface area contributed by atoms with Crippen LogP contribution in [0.5, 0.6) is 0 Å². The van der Waals surface area contributed by atoms with E-state index in [0.29, 0.717) is 18.1 Å². The van der Waals surface area contributed by atoms with Crippen molar-refractivity contribution >= 4 is 27.3 Å². The fourth-order valence-corrected chi connectivity index (χ4v) is 3.51. The van der Waals surface area contributed by atoms with Crippen molar-refractivity contribution < 1.29 is 13.2 Å². The van der Waals surface area contributed by atoms with Gasteiger partial charge in [-0.25, -0.2) is 8.42 Å². The van der Waals surface area contributed by atoms with Crippen molar-refractivity contribution in [1.82, 2.24) is 10.2 Å². The summed E-state index contributed by atoms with van der Waals surface area (Å²) >= 11 is 5.89. The number of hydrogen-bond donors (Lipinski definition) is 1. The van der Waals surface area contributed by atoms with E-state index in [-0.39, 0.29) is 24.2 Å². The van der Waals surface area contributed by atoms with Crippen molar-refractivity contribution in [3.05, 3.63) is 34.9 Å². The minimum absolute atomic E-state index is 0.0441. The summed E-state index contributed by atoms with van der Waals surface area (Å²) in [5.41, 5.74) is 0.924. The molecule has 1 aromatic carbocycles. The van der Waals surface area contributed by atoms with Gasteiger partial charge in [0.25, 0.3) is 0 Å². The Hall–Kier alpha value is -1.11. The topological polar surface area (TPSA) is 66.5 Å². The summed E-state index contributed by atoms with van der Waals surface area (Å²) < 4.78 is 22.7. The van der Waals surface area contributed by atoms with E-state index in [9.17, 15) is 13.2 Å². The van der Waals surface area contributed by atoms with Crippen LogP contribution in [-0.2, 0) is 21.2 Å². The van der Waals surface area contributed by atoms with Gasteiger partial charge in [0.1, 0.15) is 9.84 Å². The molecule has 0 bridgehead atoms. The number of halogens is 1.